The molecule has 0 aliphatic heterocycles. The predicted molar refractivity (Wildman–Crippen MR) is 54.5 cm³/mol. The average Bonchev–Trinajstić information content (AvgIpc) is 2.26. The lowest BCUT2D eigenvalue weighted by Crippen LogP contribution is -2.13. The van der Waals surface area contributed by atoms with Gasteiger partial charge in [0.05, 0.1) is 13.2 Å². The first kappa shape index (κ1) is 12.4. The Morgan fingerprint density at radius 3 is 2.75 bits per heavy atom. The van der Waals surface area contributed by atoms with Crippen molar-refractivity contribution < 1.29 is 23.8 Å². The Bertz CT molecular complexity index is 376. The van der Waals surface area contributed by atoms with Crippen LogP contribution in [0.3, 0.4) is 0 Å². The number of esters is 1. The summed E-state index contributed by atoms with van der Waals surface area (Å²) in [4.78, 5) is 10.8. The number of benzene rings is 1. The summed E-state index contributed by atoms with van der Waals surface area (Å²) >= 11 is 0. The van der Waals surface area contributed by atoms with E-state index >= 15 is 0 Å². The van der Waals surface area contributed by atoms with Crippen molar-refractivity contribution >= 4 is 5.97 Å². The number of carbonyl (C=O) groups excluding carboxylic acids is 1. The molecule has 0 aliphatic carbocycles. The fraction of sp³-hybridized carbons (Fsp3) is 0.364. The minimum absolute atomic E-state index is 0.0465. The third kappa shape index (κ3) is 3.20. The highest BCUT2D eigenvalue weighted by Gasteiger charge is 2.09. The first-order chi connectivity index (χ1) is 7.54. The Hall–Kier alpha value is -1.62. The highest BCUT2D eigenvalue weighted by Crippen LogP contribution is 2.21. The van der Waals surface area contributed by atoms with Gasteiger partial charge in [0.25, 0.3) is 0 Å². The fourth-order valence-electron chi connectivity index (χ4n) is 1.09. The number of rotatable bonds is 4. The number of methoxy groups -OCH3 is 1. The molecule has 1 aromatic rings. The molecule has 0 bridgehead atoms. The van der Waals surface area contributed by atoms with Crippen LogP contribution in [0, 0.1) is 5.82 Å². The van der Waals surface area contributed by atoms with Gasteiger partial charge in [0.1, 0.15) is 0 Å². The maximum absolute atomic E-state index is 13.4. The maximum Gasteiger partial charge on any atom is 0.343 e. The molecule has 0 saturated heterocycles. The summed E-state index contributed by atoms with van der Waals surface area (Å²) in [6.45, 7) is 1.19. The van der Waals surface area contributed by atoms with Crippen molar-refractivity contribution in [2.24, 2.45) is 0 Å². The van der Waals surface area contributed by atoms with Crippen LogP contribution in [0.2, 0.25) is 0 Å². The van der Waals surface area contributed by atoms with Gasteiger partial charge in [-0.2, -0.15) is 0 Å². The third-order valence-corrected chi connectivity index (χ3v) is 2.01. The standard InChI is InChI=1S/C11H13FO4/c1-7(13)8-3-4-10(9(12)5-8)16-6-11(14)15-2/h3-5,7,13H,6H2,1-2H3. The summed E-state index contributed by atoms with van der Waals surface area (Å²) in [7, 11) is 1.22. The molecule has 4 nitrogen and oxygen atoms in total. The monoisotopic (exact) mass is 228 g/mol. The molecule has 0 aromatic heterocycles. The van der Waals surface area contributed by atoms with Crippen molar-refractivity contribution in [3.05, 3.63) is 29.6 Å². The van der Waals surface area contributed by atoms with Crippen LogP contribution in [0.5, 0.6) is 5.75 Å². The van der Waals surface area contributed by atoms with Crippen molar-refractivity contribution in [2.45, 2.75) is 13.0 Å². The van der Waals surface area contributed by atoms with Gasteiger partial charge in [-0.1, -0.05) is 6.07 Å². The van der Waals surface area contributed by atoms with Gasteiger partial charge in [-0.05, 0) is 24.6 Å². The molecule has 0 spiro atoms. The van der Waals surface area contributed by atoms with Gasteiger partial charge < -0.3 is 14.6 Å². The SMILES string of the molecule is COC(=O)COc1ccc(C(C)O)cc1F. The molecule has 5 heteroatoms. The lowest BCUT2D eigenvalue weighted by atomic mass is 10.1. The Balaban J connectivity index is 2.72. The van der Waals surface area contributed by atoms with Crippen LogP contribution in [0.15, 0.2) is 18.2 Å². The number of aliphatic hydroxyl groups excluding tert-OH is 1. The molecule has 1 rings (SSSR count). The molecule has 1 aromatic carbocycles. The van der Waals surface area contributed by atoms with E-state index in [1.807, 2.05) is 0 Å². The van der Waals surface area contributed by atoms with Crippen molar-refractivity contribution in [2.75, 3.05) is 13.7 Å². The number of carbonyl (C=O) groups is 1. The van der Waals surface area contributed by atoms with Crippen LogP contribution in [-0.2, 0) is 9.53 Å². The molecule has 0 heterocycles. The van der Waals surface area contributed by atoms with Crippen LogP contribution in [-0.4, -0.2) is 24.8 Å². The van der Waals surface area contributed by atoms with E-state index in [9.17, 15) is 14.3 Å². The Morgan fingerprint density at radius 1 is 1.56 bits per heavy atom. The highest BCUT2D eigenvalue weighted by molar-refractivity contribution is 5.70. The lowest BCUT2D eigenvalue weighted by molar-refractivity contribution is -0.142. The Morgan fingerprint density at radius 2 is 2.25 bits per heavy atom. The average molecular weight is 228 g/mol. The lowest BCUT2D eigenvalue weighted by Gasteiger charge is -2.09. The highest BCUT2D eigenvalue weighted by atomic mass is 19.1. The van der Waals surface area contributed by atoms with Gasteiger partial charge >= 0.3 is 5.97 Å². The van der Waals surface area contributed by atoms with Crippen LogP contribution in [0.25, 0.3) is 0 Å². The summed E-state index contributed by atoms with van der Waals surface area (Å²) in [6.07, 6.45) is -0.746. The zero-order chi connectivity index (χ0) is 12.1. The number of halogens is 1. The van der Waals surface area contributed by atoms with Crippen molar-refractivity contribution in [3.63, 3.8) is 0 Å². The fourth-order valence-corrected chi connectivity index (χ4v) is 1.09. The quantitative estimate of drug-likeness (QED) is 0.792. The van der Waals surface area contributed by atoms with E-state index in [2.05, 4.69) is 4.74 Å². The zero-order valence-electron chi connectivity index (χ0n) is 9.07. The van der Waals surface area contributed by atoms with Gasteiger partial charge in [0.2, 0.25) is 0 Å². The van der Waals surface area contributed by atoms with Crippen LogP contribution in [0.1, 0.15) is 18.6 Å². The summed E-state index contributed by atoms with van der Waals surface area (Å²) in [6, 6.07) is 4.05. The van der Waals surface area contributed by atoms with E-state index < -0.39 is 17.9 Å². The predicted octanol–water partition coefficient (Wildman–Crippen LogP) is 1.43. The summed E-state index contributed by atoms with van der Waals surface area (Å²) < 4.78 is 22.6. The smallest absolute Gasteiger partial charge is 0.343 e. The summed E-state index contributed by atoms with van der Waals surface area (Å²) in [5, 5.41) is 9.21. The van der Waals surface area contributed by atoms with Crippen LogP contribution < -0.4 is 4.74 Å². The Labute approximate surface area is 92.6 Å². The molecule has 0 radical (unpaired) electrons. The van der Waals surface area contributed by atoms with E-state index in [1.165, 1.54) is 26.2 Å². The van der Waals surface area contributed by atoms with Gasteiger partial charge in [-0.3, -0.25) is 0 Å². The van der Waals surface area contributed by atoms with E-state index in [0.717, 1.165) is 6.07 Å². The Kier molecular flexibility index (Phi) is 4.25. The molecule has 0 fully saturated rings. The first-order valence-electron chi connectivity index (χ1n) is 4.71. The van der Waals surface area contributed by atoms with Gasteiger partial charge in [0, 0.05) is 0 Å². The molecule has 1 atom stereocenters. The largest absolute Gasteiger partial charge is 0.479 e. The molecular weight excluding hydrogens is 215 g/mol. The summed E-state index contributed by atoms with van der Waals surface area (Å²) in [5.41, 5.74) is 0.447. The minimum Gasteiger partial charge on any atom is -0.479 e. The van der Waals surface area contributed by atoms with Crippen LogP contribution in [0.4, 0.5) is 4.39 Å². The minimum atomic E-state index is -0.746. The van der Waals surface area contributed by atoms with Gasteiger partial charge in [0.15, 0.2) is 18.2 Å². The molecule has 88 valence electrons. The maximum atomic E-state index is 13.4. The van der Waals surface area contributed by atoms with E-state index in [1.54, 1.807) is 0 Å². The van der Waals surface area contributed by atoms with Gasteiger partial charge in [-0.25, -0.2) is 9.18 Å². The third-order valence-electron chi connectivity index (χ3n) is 2.01. The van der Waals surface area contributed by atoms with Crippen molar-refractivity contribution in [1.29, 1.82) is 0 Å². The number of aliphatic hydroxyl groups is 1. The molecule has 0 amide bonds. The topological polar surface area (TPSA) is 55.8 Å². The zero-order valence-corrected chi connectivity index (χ0v) is 9.07. The number of ether oxygens (including phenoxy) is 2. The van der Waals surface area contributed by atoms with Crippen molar-refractivity contribution in [3.8, 4) is 5.75 Å². The first-order valence-corrected chi connectivity index (χ1v) is 4.71. The molecule has 0 saturated carbocycles. The van der Waals surface area contributed by atoms with E-state index in [0.29, 0.717) is 5.56 Å². The van der Waals surface area contributed by atoms with E-state index in [4.69, 9.17) is 4.74 Å². The molecule has 1 unspecified atom stereocenters. The molecule has 16 heavy (non-hydrogen) atoms. The van der Waals surface area contributed by atoms with Crippen molar-refractivity contribution in [1.82, 2.24) is 0 Å². The number of hydrogen-bond donors (Lipinski definition) is 1. The second-order valence-corrected chi connectivity index (χ2v) is 3.23. The molecule has 1 N–H and O–H groups in total. The molecule has 0 aliphatic rings. The normalized spacial score (nSPS) is 12.0. The van der Waals surface area contributed by atoms with E-state index in [-0.39, 0.29) is 12.4 Å². The second kappa shape index (κ2) is 5.46. The van der Waals surface area contributed by atoms with Crippen LogP contribution >= 0.6 is 0 Å². The molecular formula is C11H13FO4. The van der Waals surface area contributed by atoms with Gasteiger partial charge in [-0.15, -0.1) is 0 Å². The second-order valence-electron chi connectivity index (χ2n) is 3.23. The summed E-state index contributed by atoms with van der Waals surface area (Å²) in [5.74, 6) is -1.25. The number of hydrogen-bond acceptors (Lipinski definition) is 4.